The van der Waals surface area contributed by atoms with Crippen LogP contribution in [0.4, 0.5) is 4.39 Å². The number of hydrogen-bond donors (Lipinski definition) is 3. The van der Waals surface area contributed by atoms with Crippen LogP contribution >= 0.6 is 0 Å². The van der Waals surface area contributed by atoms with Gasteiger partial charge in [-0.1, -0.05) is 0 Å². The average Bonchev–Trinajstić information content (AvgIpc) is 3.49. The molecule has 1 fully saturated rings. The van der Waals surface area contributed by atoms with Gasteiger partial charge in [0.25, 0.3) is 11.5 Å². The Morgan fingerprint density at radius 3 is 2.74 bits per heavy atom. The predicted octanol–water partition coefficient (Wildman–Crippen LogP) is 1.39. The van der Waals surface area contributed by atoms with Gasteiger partial charge >= 0.3 is 0 Å². The highest BCUT2D eigenvalue weighted by molar-refractivity contribution is 5.91. The second-order valence-electron chi connectivity index (χ2n) is 9.12. The van der Waals surface area contributed by atoms with Crippen molar-refractivity contribution >= 4 is 23.1 Å². The van der Waals surface area contributed by atoms with Gasteiger partial charge in [0.05, 0.1) is 30.1 Å². The number of hydrogen-bond acceptors (Lipinski definition) is 7. The van der Waals surface area contributed by atoms with Gasteiger partial charge in [-0.05, 0) is 43.0 Å². The molecule has 1 aliphatic carbocycles. The van der Waals surface area contributed by atoms with E-state index in [0.717, 1.165) is 0 Å². The number of nitrogens with one attached hydrogen (secondary N) is 1. The molecule has 1 unspecified atom stereocenters. The third-order valence-electron chi connectivity index (χ3n) is 6.79. The summed E-state index contributed by atoms with van der Waals surface area (Å²) in [5.74, 6) is -0.934. The van der Waals surface area contributed by atoms with Crippen LogP contribution in [0.2, 0.25) is 0 Å². The number of aromatic nitrogens is 2. The van der Waals surface area contributed by atoms with E-state index in [2.05, 4.69) is 10.3 Å². The number of pyridine rings is 2. The van der Waals surface area contributed by atoms with Crippen molar-refractivity contribution in [1.29, 1.82) is 0 Å². The number of nitrogens with zero attached hydrogens (tertiary/aromatic N) is 2. The number of aryl methyl sites for hydroxylation is 1. The summed E-state index contributed by atoms with van der Waals surface area (Å²) in [7, 11) is 1.41. The lowest BCUT2D eigenvalue weighted by molar-refractivity contribution is -0.131. The molecular formula is C25H24FN3O6. The van der Waals surface area contributed by atoms with Gasteiger partial charge in [-0.15, -0.1) is 0 Å². The highest BCUT2D eigenvalue weighted by Gasteiger charge is 2.48. The summed E-state index contributed by atoms with van der Waals surface area (Å²) in [4.78, 5) is 41.7. The summed E-state index contributed by atoms with van der Waals surface area (Å²) >= 11 is 0. The van der Waals surface area contributed by atoms with Crippen LogP contribution in [0.15, 0.2) is 23.0 Å². The number of aliphatic hydroxyl groups is 2. The summed E-state index contributed by atoms with van der Waals surface area (Å²) in [5.41, 5.74) is 1.29. The smallest absolute Gasteiger partial charge is 0.257 e. The molecule has 1 amide bonds. The third kappa shape index (κ3) is 3.74. The SMILES string of the molecule is COCc1c(C(O)C=O)cc2n(c1=O)Cc1c-2nc2cc(F)c(C)cc2c1CNC(=O)C1(O)CC1. The molecule has 3 N–H and O–H groups in total. The zero-order valence-electron chi connectivity index (χ0n) is 19.2. The van der Waals surface area contributed by atoms with Gasteiger partial charge in [-0.2, -0.15) is 0 Å². The summed E-state index contributed by atoms with van der Waals surface area (Å²) < 4.78 is 21.0. The number of aliphatic hydroxyl groups excluding tert-OH is 1. The van der Waals surface area contributed by atoms with Crippen LogP contribution in [0.3, 0.4) is 0 Å². The van der Waals surface area contributed by atoms with Crippen molar-refractivity contribution in [2.75, 3.05) is 7.11 Å². The molecule has 1 atom stereocenters. The summed E-state index contributed by atoms with van der Waals surface area (Å²) in [6, 6.07) is 4.47. The van der Waals surface area contributed by atoms with Crippen molar-refractivity contribution in [2.24, 2.45) is 0 Å². The minimum atomic E-state index is -1.53. The quantitative estimate of drug-likeness (QED) is 0.340. The molecule has 0 bridgehead atoms. The Morgan fingerprint density at radius 1 is 1.34 bits per heavy atom. The van der Waals surface area contributed by atoms with Crippen molar-refractivity contribution in [3.05, 3.63) is 62.2 Å². The molecule has 3 heterocycles. The van der Waals surface area contributed by atoms with Crippen LogP contribution in [-0.4, -0.2) is 44.7 Å². The maximum atomic E-state index is 14.4. The molecule has 5 rings (SSSR count). The lowest BCUT2D eigenvalue weighted by Crippen LogP contribution is -2.36. The lowest BCUT2D eigenvalue weighted by atomic mass is 9.98. The van der Waals surface area contributed by atoms with Crippen LogP contribution < -0.4 is 10.9 Å². The molecular weight excluding hydrogens is 457 g/mol. The molecule has 1 aromatic carbocycles. The van der Waals surface area contributed by atoms with Crippen molar-refractivity contribution in [2.45, 2.75) is 51.2 Å². The Hall–Kier alpha value is -3.47. The number of fused-ring (bicyclic) bond motifs is 4. The van der Waals surface area contributed by atoms with Gasteiger partial charge < -0.3 is 29.6 Å². The Balaban J connectivity index is 1.71. The van der Waals surface area contributed by atoms with Crippen molar-refractivity contribution in [3.8, 4) is 11.4 Å². The Labute approximate surface area is 199 Å². The summed E-state index contributed by atoms with van der Waals surface area (Å²) in [6.45, 7) is 1.70. The fourth-order valence-corrected chi connectivity index (χ4v) is 4.61. The van der Waals surface area contributed by atoms with E-state index in [1.54, 1.807) is 13.0 Å². The zero-order chi connectivity index (χ0) is 25.1. The standard InChI is InChI=1S/C25H24FN3O6/c1-12-5-13-15(8-27-24(33)25(34)3-4-25)16-9-29-20(22(16)28-19(13)7-18(12)26)6-14(21(31)10-30)17(11-35-2)23(29)32/h5-7,10,21,31,34H,3-4,8-9,11H2,1-2H3,(H,27,33). The number of amides is 1. The van der Waals surface area contributed by atoms with Crippen LogP contribution in [0.5, 0.6) is 0 Å². The second-order valence-corrected chi connectivity index (χ2v) is 9.12. The van der Waals surface area contributed by atoms with Gasteiger partial charge in [-0.25, -0.2) is 9.37 Å². The van der Waals surface area contributed by atoms with Crippen LogP contribution in [0.1, 0.15) is 46.8 Å². The molecule has 3 aromatic rings. The van der Waals surface area contributed by atoms with Gasteiger partial charge in [0.2, 0.25) is 0 Å². The van der Waals surface area contributed by atoms with Crippen LogP contribution in [0.25, 0.3) is 22.3 Å². The molecule has 1 aliphatic heterocycles. The van der Waals surface area contributed by atoms with E-state index in [1.807, 2.05) is 0 Å². The molecule has 182 valence electrons. The number of rotatable bonds is 7. The van der Waals surface area contributed by atoms with Gasteiger partial charge in [0.1, 0.15) is 17.5 Å². The van der Waals surface area contributed by atoms with Gasteiger partial charge in [0, 0.05) is 41.8 Å². The molecule has 10 heteroatoms. The first-order valence-electron chi connectivity index (χ1n) is 11.2. The molecule has 1 saturated carbocycles. The molecule has 9 nitrogen and oxygen atoms in total. The normalized spacial score (nSPS) is 16.0. The minimum absolute atomic E-state index is 0.0467. The third-order valence-corrected chi connectivity index (χ3v) is 6.79. The molecule has 2 aliphatic rings. The van der Waals surface area contributed by atoms with Crippen molar-refractivity contribution < 1.29 is 28.9 Å². The van der Waals surface area contributed by atoms with Crippen LogP contribution in [0, 0.1) is 12.7 Å². The van der Waals surface area contributed by atoms with Crippen molar-refractivity contribution in [1.82, 2.24) is 14.9 Å². The zero-order valence-corrected chi connectivity index (χ0v) is 19.2. The first-order valence-corrected chi connectivity index (χ1v) is 11.2. The number of carbonyl (C=O) groups excluding carboxylic acids is 2. The van der Waals surface area contributed by atoms with Gasteiger partial charge in [0.15, 0.2) is 6.29 Å². The number of methoxy groups -OCH3 is 1. The number of halogens is 1. The molecule has 2 aromatic heterocycles. The van der Waals surface area contributed by atoms with Crippen LogP contribution in [-0.2, 0) is 34.0 Å². The van der Waals surface area contributed by atoms with Gasteiger partial charge in [-0.3, -0.25) is 9.59 Å². The lowest BCUT2D eigenvalue weighted by Gasteiger charge is -2.15. The van der Waals surface area contributed by atoms with E-state index in [-0.39, 0.29) is 30.8 Å². The topological polar surface area (TPSA) is 131 Å². The molecule has 0 radical (unpaired) electrons. The van der Waals surface area contributed by atoms with E-state index in [4.69, 9.17) is 4.74 Å². The molecule has 0 spiro atoms. The largest absolute Gasteiger partial charge is 0.381 e. The monoisotopic (exact) mass is 481 g/mol. The maximum absolute atomic E-state index is 14.4. The molecule has 35 heavy (non-hydrogen) atoms. The first kappa shape index (κ1) is 23.3. The maximum Gasteiger partial charge on any atom is 0.257 e. The predicted molar refractivity (Wildman–Crippen MR) is 123 cm³/mol. The Morgan fingerprint density at radius 2 is 2.09 bits per heavy atom. The minimum Gasteiger partial charge on any atom is -0.381 e. The fourth-order valence-electron chi connectivity index (χ4n) is 4.61. The van der Waals surface area contributed by atoms with E-state index < -0.39 is 29.0 Å². The van der Waals surface area contributed by atoms with E-state index in [9.17, 15) is 29.0 Å². The van der Waals surface area contributed by atoms with E-state index in [1.165, 1.54) is 23.8 Å². The average molecular weight is 481 g/mol. The van der Waals surface area contributed by atoms with E-state index >= 15 is 0 Å². The van der Waals surface area contributed by atoms with Crippen molar-refractivity contribution in [3.63, 3.8) is 0 Å². The number of ether oxygens (including phenoxy) is 1. The Bertz CT molecular complexity index is 1460. The summed E-state index contributed by atoms with van der Waals surface area (Å²) in [5, 5.41) is 23.8. The molecule has 0 saturated heterocycles. The Kier molecular flexibility index (Phi) is 5.54. The highest BCUT2D eigenvalue weighted by atomic mass is 19.1. The van der Waals surface area contributed by atoms with E-state index in [0.29, 0.717) is 58.1 Å². The second kappa shape index (κ2) is 8.33. The summed E-state index contributed by atoms with van der Waals surface area (Å²) in [6.07, 6.45) is -0.412. The highest BCUT2D eigenvalue weighted by Crippen LogP contribution is 2.38. The number of aldehydes is 1. The fraction of sp³-hybridized carbons (Fsp3) is 0.360. The first-order chi connectivity index (χ1) is 16.7. The number of carbonyl (C=O) groups is 2. The number of benzene rings is 1.